The number of aromatic nitrogens is 2. The molecule has 0 unspecified atom stereocenters. The molecule has 174 valence electrons. The molecule has 1 aliphatic rings. The average molecular weight is 472 g/mol. The van der Waals surface area contributed by atoms with Crippen molar-refractivity contribution in [3.8, 4) is 22.7 Å². The minimum absolute atomic E-state index is 0.296. The maximum absolute atomic E-state index is 9.64. The molecule has 0 fully saturated rings. The van der Waals surface area contributed by atoms with E-state index in [0.717, 1.165) is 53.6 Å². The van der Waals surface area contributed by atoms with Gasteiger partial charge in [-0.25, -0.2) is 4.68 Å². The Morgan fingerprint density at radius 3 is 2.45 bits per heavy atom. The van der Waals surface area contributed by atoms with E-state index in [4.69, 9.17) is 26.6 Å². The summed E-state index contributed by atoms with van der Waals surface area (Å²) in [5, 5.41) is 24.6. The Hall–Kier alpha value is -3.36. The Kier molecular flexibility index (Phi) is 8.46. The number of hydrogen-bond acceptors (Lipinski definition) is 5. The number of nitrogens with zero attached hydrogens (tertiary/aromatic N) is 2. The van der Waals surface area contributed by atoms with Crippen molar-refractivity contribution in [1.29, 1.82) is 0 Å². The van der Waals surface area contributed by atoms with Crippen molar-refractivity contribution in [1.82, 2.24) is 15.1 Å². The van der Waals surface area contributed by atoms with Gasteiger partial charge in [0.05, 0.1) is 42.6 Å². The summed E-state index contributed by atoms with van der Waals surface area (Å²) in [6, 6.07) is 14.1. The molecule has 8 nitrogen and oxygen atoms in total. The molecule has 0 amide bonds. The molecule has 4 rings (SSSR count). The number of methoxy groups -OCH3 is 1. The Bertz CT molecular complexity index is 1120. The van der Waals surface area contributed by atoms with Crippen molar-refractivity contribution in [3.63, 3.8) is 0 Å². The fraction of sp³-hybridized carbons (Fsp3) is 0.292. The van der Waals surface area contributed by atoms with Crippen LogP contribution in [0.5, 0.6) is 5.75 Å². The SMILES string of the molecule is COc1ccccc1-c1ccnn1-c1c(Cl)ccc2c1CCNCC2.O=C(O)CCC(=O)O. The molecule has 3 aromatic rings. The molecule has 2 aromatic carbocycles. The van der Waals surface area contributed by atoms with Crippen molar-refractivity contribution in [3.05, 3.63) is 64.8 Å². The van der Waals surface area contributed by atoms with Crippen molar-refractivity contribution in [2.45, 2.75) is 25.7 Å². The number of benzene rings is 2. The van der Waals surface area contributed by atoms with Gasteiger partial charge < -0.3 is 20.3 Å². The van der Waals surface area contributed by atoms with E-state index >= 15 is 0 Å². The Balaban J connectivity index is 0.000000331. The molecular formula is C24H26ClN3O5. The summed E-state index contributed by atoms with van der Waals surface area (Å²) >= 11 is 6.63. The van der Waals surface area contributed by atoms with Crippen LogP contribution in [0.2, 0.25) is 5.02 Å². The number of halogens is 1. The summed E-state index contributed by atoms with van der Waals surface area (Å²) in [7, 11) is 1.69. The largest absolute Gasteiger partial charge is 0.496 e. The highest BCUT2D eigenvalue weighted by Crippen LogP contribution is 2.35. The van der Waals surface area contributed by atoms with E-state index in [0.29, 0.717) is 0 Å². The topological polar surface area (TPSA) is 114 Å². The lowest BCUT2D eigenvalue weighted by molar-refractivity contribution is -0.143. The minimum Gasteiger partial charge on any atom is -0.496 e. The van der Waals surface area contributed by atoms with Gasteiger partial charge in [0.15, 0.2) is 0 Å². The number of carboxylic acid groups (broad SMARTS) is 2. The normalized spacial score (nSPS) is 12.7. The van der Waals surface area contributed by atoms with Crippen LogP contribution in [0.1, 0.15) is 24.0 Å². The summed E-state index contributed by atoms with van der Waals surface area (Å²) in [5.74, 6) is -1.33. The lowest BCUT2D eigenvalue weighted by Crippen LogP contribution is -2.16. The van der Waals surface area contributed by atoms with Gasteiger partial charge in [-0.1, -0.05) is 29.8 Å². The first kappa shape index (κ1) is 24.3. The van der Waals surface area contributed by atoms with Crippen molar-refractivity contribution in [2.24, 2.45) is 0 Å². The first-order chi connectivity index (χ1) is 15.9. The maximum atomic E-state index is 9.64. The third-order valence-electron chi connectivity index (χ3n) is 5.24. The summed E-state index contributed by atoms with van der Waals surface area (Å²) in [5.41, 5.74) is 5.57. The molecule has 0 saturated carbocycles. The fourth-order valence-electron chi connectivity index (χ4n) is 3.71. The fourth-order valence-corrected chi connectivity index (χ4v) is 3.97. The van der Waals surface area contributed by atoms with Crippen LogP contribution < -0.4 is 10.1 Å². The van der Waals surface area contributed by atoms with E-state index in [-0.39, 0.29) is 12.8 Å². The number of fused-ring (bicyclic) bond motifs is 1. The van der Waals surface area contributed by atoms with Crippen LogP contribution in [-0.4, -0.2) is 52.1 Å². The van der Waals surface area contributed by atoms with Crippen molar-refractivity contribution in [2.75, 3.05) is 20.2 Å². The zero-order valence-electron chi connectivity index (χ0n) is 18.3. The van der Waals surface area contributed by atoms with Crippen LogP contribution in [0.25, 0.3) is 16.9 Å². The summed E-state index contributed by atoms with van der Waals surface area (Å²) < 4.78 is 7.49. The standard InChI is InChI=1S/C20H20ClN3O.C4H6O4/c1-25-19-5-3-2-4-16(19)18-10-13-23-24(18)20-15-9-12-22-11-8-14(15)6-7-17(20)21;5-3(6)1-2-4(7)8/h2-7,10,13,22H,8-9,11-12H2,1H3;1-2H2,(H,5,6)(H,7,8). The first-order valence-electron chi connectivity index (χ1n) is 10.5. The molecule has 2 heterocycles. The number of ether oxygens (including phenoxy) is 1. The van der Waals surface area contributed by atoms with Crippen LogP contribution in [0.15, 0.2) is 48.7 Å². The minimum atomic E-state index is -1.08. The molecule has 0 spiro atoms. The van der Waals surface area contributed by atoms with Gasteiger partial charge in [0.25, 0.3) is 0 Å². The molecule has 0 aliphatic carbocycles. The van der Waals surface area contributed by atoms with E-state index in [2.05, 4.69) is 16.5 Å². The van der Waals surface area contributed by atoms with Crippen LogP contribution in [-0.2, 0) is 22.4 Å². The number of para-hydroxylation sites is 1. The quantitative estimate of drug-likeness (QED) is 0.500. The zero-order chi connectivity index (χ0) is 23.8. The van der Waals surface area contributed by atoms with E-state index in [1.54, 1.807) is 7.11 Å². The lowest BCUT2D eigenvalue weighted by Gasteiger charge is -2.17. The molecule has 3 N–H and O–H groups in total. The second-order valence-electron chi connectivity index (χ2n) is 7.40. The zero-order valence-corrected chi connectivity index (χ0v) is 19.0. The predicted octanol–water partition coefficient (Wildman–Crippen LogP) is 3.83. The molecule has 0 atom stereocenters. The van der Waals surface area contributed by atoms with Gasteiger partial charge in [0.2, 0.25) is 0 Å². The Labute approximate surface area is 196 Å². The van der Waals surface area contributed by atoms with Gasteiger partial charge in [-0.15, -0.1) is 0 Å². The van der Waals surface area contributed by atoms with E-state index in [1.807, 2.05) is 47.3 Å². The monoisotopic (exact) mass is 471 g/mol. The smallest absolute Gasteiger partial charge is 0.303 e. The first-order valence-corrected chi connectivity index (χ1v) is 10.9. The number of nitrogens with one attached hydrogen (secondary N) is 1. The summed E-state index contributed by atoms with van der Waals surface area (Å²) in [4.78, 5) is 19.3. The third kappa shape index (κ3) is 6.12. The number of rotatable bonds is 6. The molecule has 0 bridgehead atoms. The highest BCUT2D eigenvalue weighted by Gasteiger charge is 2.20. The molecule has 33 heavy (non-hydrogen) atoms. The number of aliphatic carboxylic acids is 2. The van der Waals surface area contributed by atoms with Gasteiger partial charge in [-0.05, 0) is 61.3 Å². The van der Waals surface area contributed by atoms with Gasteiger partial charge in [-0.3, -0.25) is 9.59 Å². The summed E-state index contributed by atoms with van der Waals surface area (Å²) in [6.45, 7) is 1.94. The van der Waals surface area contributed by atoms with Gasteiger partial charge in [0.1, 0.15) is 5.75 Å². The molecule has 1 aromatic heterocycles. The third-order valence-corrected chi connectivity index (χ3v) is 5.55. The van der Waals surface area contributed by atoms with Crippen molar-refractivity contribution >= 4 is 23.5 Å². The van der Waals surface area contributed by atoms with Crippen LogP contribution in [0, 0.1) is 0 Å². The Morgan fingerprint density at radius 1 is 1.06 bits per heavy atom. The van der Waals surface area contributed by atoms with Crippen LogP contribution in [0.3, 0.4) is 0 Å². The molecule has 1 aliphatic heterocycles. The van der Waals surface area contributed by atoms with E-state index in [9.17, 15) is 9.59 Å². The number of carboxylic acids is 2. The van der Waals surface area contributed by atoms with Gasteiger partial charge in [0, 0.05) is 5.56 Å². The highest BCUT2D eigenvalue weighted by atomic mass is 35.5. The van der Waals surface area contributed by atoms with Crippen molar-refractivity contribution < 1.29 is 24.5 Å². The average Bonchev–Trinajstić information content (AvgIpc) is 3.15. The second kappa shape index (κ2) is 11.5. The molecular weight excluding hydrogens is 446 g/mol. The Morgan fingerprint density at radius 2 is 1.76 bits per heavy atom. The van der Waals surface area contributed by atoms with E-state index in [1.165, 1.54) is 11.1 Å². The molecule has 9 heteroatoms. The van der Waals surface area contributed by atoms with E-state index < -0.39 is 11.9 Å². The summed E-state index contributed by atoms with van der Waals surface area (Å²) in [6.07, 6.45) is 3.17. The second-order valence-corrected chi connectivity index (χ2v) is 7.81. The molecule has 0 radical (unpaired) electrons. The van der Waals surface area contributed by atoms with Crippen LogP contribution >= 0.6 is 11.6 Å². The highest BCUT2D eigenvalue weighted by molar-refractivity contribution is 6.32. The van der Waals surface area contributed by atoms with Crippen LogP contribution in [0.4, 0.5) is 0 Å². The maximum Gasteiger partial charge on any atom is 0.303 e. The predicted molar refractivity (Wildman–Crippen MR) is 125 cm³/mol. The lowest BCUT2D eigenvalue weighted by atomic mass is 10.0. The molecule has 0 saturated heterocycles. The van der Waals surface area contributed by atoms with Gasteiger partial charge >= 0.3 is 11.9 Å². The number of hydrogen-bond donors (Lipinski definition) is 3. The van der Waals surface area contributed by atoms with Gasteiger partial charge in [-0.2, -0.15) is 5.10 Å². The number of carbonyl (C=O) groups is 2.